The molecule has 4 aliphatic rings. The van der Waals surface area contributed by atoms with Crippen LogP contribution in [-0.2, 0) is 9.53 Å². The van der Waals surface area contributed by atoms with Crippen molar-refractivity contribution in [1.82, 2.24) is 0 Å². The summed E-state index contributed by atoms with van der Waals surface area (Å²) < 4.78 is 6.40. The topological polar surface area (TPSA) is 46.5 Å². The molecule has 0 radical (unpaired) electrons. The Bertz CT molecular complexity index is 629. The quantitative estimate of drug-likeness (QED) is 0.699. The van der Waals surface area contributed by atoms with Gasteiger partial charge >= 0.3 is 0 Å². The smallest absolute Gasteiger partial charge is 0.155 e. The van der Waals surface area contributed by atoms with Crippen LogP contribution in [0.4, 0.5) is 0 Å². The maximum absolute atomic E-state index is 11.8. The van der Waals surface area contributed by atoms with Gasteiger partial charge in [-0.3, -0.25) is 4.79 Å². The highest BCUT2D eigenvalue weighted by Crippen LogP contribution is 2.63. The Hall–Kier alpha value is -1.11. The van der Waals surface area contributed by atoms with Crippen LogP contribution in [0.5, 0.6) is 0 Å². The van der Waals surface area contributed by atoms with E-state index in [1.54, 1.807) is 0 Å². The van der Waals surface area contributed by atoms with Gasteiger partial charge in [0.2, 0.25) is 0 Å². The molecule has 0 amide bonds. The molecule has 0 bridgehead atoms. The first kappa shape index (κ1) is 15.4. The Morgan fingerprint density at radius 1 is 1.30 bits per heavy atom. The van der Waals surface area contributed by atoms with E-state index < -0.39 is 5.60 Å². The van der Waals surface area contributed by atoms with Gasteiger partial charge in [0, 0.05) is 17.3 Å². The van der Waals surface area contributed by atoms with E-state index in [1.165, 1.54) is 5.57 Å². The molecule has 0 unspecified atom stereocenters. The first-order valence-corrected chi connectivity index (χ1v) is 8.90. The van der Waals surface area contributed by atoms with Crippen LogP contribution in [0.3, 0.4) is 0 Å². The van der Waals surface area contributed by atoms with Crippen molar-refractivity contribution in [2.45, 2.75) is 64.1 Å². The predicted octanol–water partition coefficient (Wildman–Crippen LogP) is 2.87. The third kappa shape index (κ3) is 1.83. The van der Waals surface area contributed by atoms with Crippen LogP contribution in [0.1, 0.15) is 52.4 Å². The van der Waals surface area contributed by atoms with Crippen molar-refractivity contribution in [2.24, 2.45) is 22.7 Å². The zero-order valence-corrected chi connectivity index (χ0v) is 14.1. The molecule has 0 spiro atoms. The summed E-state index contributed by atoms with van der Waals surface area (Å²) in [5.41, 5.74) is -0.119. The van der Waals surface area contributed by atoms with Crippen LogP contribution in [0.2, 0.25) is 0 Å². The number of rotatable bonds is 0. The van der Waals surface area contributed by atoms with Crippen molar-refractivity contribution in [3.8, 4) is 12.3 Å². The van der Waals surface area contributed by atoms with Crippen LogP contribution in [0.15, 0.2) is 11.6 Å². The number of aliphatic hydroxyl groups is 1. The van der Waals surface area contributed by atoms with Crippen molar-refractivity contribution >= 4 is 5.78 Å². The molecular formula is C20H26O3. The number of hydrogen-bond acceptors (Lipinski definition) is 3. The SMILES string of the molecule is C#C[C@]1(O)CC[C@H]2[C@@H]3CCC4=CC(=O)CC[C@]4(C)[C@H]3OC[C@@]21C. The van der Waals surface area contributed by atoms with Gasteiger partial charge in [-0.1, -0.05) is 25.3 Å². The average molecular weight is 314 g/mol. The molecule has 0 aromatic carbocycles. The van der Waals surface area contributed by atoms with Gasteiger partial charge in [-0.15, -0.1) is 6.42 Å². The molecule has 0 aromatic rings. The Morgan fingerprint density at radius 3 is 2.83 bits per heavy atom. The molecule has 124 valence electrons. The van der Waals surface area contributed by atoms with Crippen molar-refractivity contribution in [3.05, 3.63) is 11.6 Å². The van der Waals surface area contributed by atoms with Crippen LogP contribution < -0.4 is 0 Å². The molecule has 1 N–H and O–H groups in total. The fraction of sp³-hybridized carbons (Fsp3) is 0.750. The van der Waals surface area contributed by atoms with E-state index in [0.717, 1.165) is 25.7 Å². The molecule has 1 saturated heterocycles. The molecule has 0 aromatic heterocycles. The zero-order chi connectivity index (χ0) is 16.5. The van der Waals surface area contributed by atoms with Gasteiger partial charge in [-0.25, -0.2) is 0 Å². The van der Waals surface area contributed by atoms with E-state index in [9.17, 15) is 9.90 Å². The number of ketones is 1. The van der Waals surface area contributed by atoms with E-state index in [1.807, 2.05) is 6.08 Å². The second kappa shape index (κ2) is 4.71. The summed E-state index contributed by atoms with van der Waals surface area (Å²) in [5.74, 6) is 3.78. The molecule has 23 heavy (non-hydrogen) atoms. The average Bonchev–Trinajstić information content (AvgIpc) is 2.80. The highest BCUT2D eigenvalue weighted by molar-refractivity contribution is 5.91. The Morgan fingerprint density at radius 2 is 2.09 bits per heavy atom. The van der Waals surface area contributed by atoms with Gasteiger partial charge in [0.05, 0.1) is 12.7 Å². The number of carbonyl (C=O) groups is 1. The number of carbonyl (C=O) groups excluding carboxylic acids is 1. The molecule has 2 saturated carbocycles. The molecule has 1 heterocycles. The fourth-order valence-corrected chi connectivity index (χ4v) is 6.01. The van der Waals surface area contributed by atoms with Gasteiger partial charge < -0.3 is 9.84 Å². The van der Waals surface area contributed by atoms with Crippen LogP contribution in [0, 0.1) is 35.0 Å². The lowest BCUT2D eigenvalue weighted by Gasteiger charge is -2.57. The molecule has 4 rings (SSSR count). The van der Waals surface area contributed by atoms with Gasteiger partial charge in [0.15, 0.2) is 5.78 Å². The maximum Gasteiger partial charge on any atom is 0.155 e. The second-order valence-corrected chi connectivity index (χ2v) is 8.55. The fourth-order valence-electron chi connectivity index (χ4n) is 6.01. The number of fused-ring (bicyclic) bond motifs is 5. The summed E-state index contributed by atoms with van der Waals surface area (Å²) in [6.45, 7) is 4.91. The standard InChI is InChI=1S/C20H26O3/c1-4-20(22)10-8-16-15-6-5-13-11-14(21)7-9-18(13,2)17(15)23-12-19(16,20)3/h1,11,15-17,22H,5-10,12H2,2-3H3/t15-,16-,17-,18-,19-,20-/m0/s1. The van der Waals surface area contributed by atoms with Gasteiger partial charge in [0.1, 0.15) is 5.60 Å². The number of allylic oxidation sites excluding steroid dienone is 1. The normalized spacial score (nSPS) is 52.0. The van der Waals surface area contributed by atoms with Gasteiger partial charge in [-0.2, -0.15) is 0 Å². The summed E-state index contributed by atoms with van der Waals surface area (Å²) in [7, 11) is 0. The van der Waals surface area contributed by atoms with Crippen molar-refractivity contribution < 1.29 is 14.6 Å². The van der Waals surface area contributed by atoms with Crippen LogP contribution in [-0.4, -0.2) is 29.2 Å². The third-order valence-electron chi connectivity index (χ3n) is 7.62. The second-order valence-electron chi connectivity index (χ2n) is 8.55. The van der Waals surface area contributed by atoms with E-state index in [-0.39, 0.29) is 22.7 Å². The summed E-state index contributed by atoms with van der Waals surface area (Å²) in [4.78, 5) is 11.8. The first-order valence-electron chi connectivity index (χ1n) is 8.90. The van der Waals surface area contributed by atoms with E-state index in [0.29, 0.717) is 31.3 Å². The minimum atomic E-state index is -1.04. The van der Waals surface area contributed by atoms with E-state index in [2.05, 4.69) is 19.8 Å². The van der Waals surface area contributed by atoms with E-state index >= 15 is 0 Å². The first-order chi connectivity index (χ1) is 10.8. The predicted molar refractivity (Wildman–Crippen MR) is 87.5 cm³/mol. The summed E-state index contributed by atoms with van der Waals surface area (Å²) >= 11 is 0. The third-order valence-corrected chi connectivity index (χ3v) is 7.62. The Labute approximate surface area is 138 Å². The van der Waals surface area contributed by atoms with Crippen molar-refractivity contribution in [1.29, 1.82) is 0 Å². The van der Waals surface area contributed by atoms with Crippen LogP contribution >= 0.6 is 0 Å². The lowest BCUT2D eigenvalue weighted by molar-refractivity contribution is -0.202. The van der Waals surface area contributed by atoms with E-state index in [4.69, 9.17) is 11.2 Å². The molecular weight excluding hydrogens is 288 g/mol. The molecule has 3 aliphatic carbocycles. The summed E-state index contributed by atoms with van der Waals surface area (Å²) in [5, 5.41) is 10.9. The van der Waals surface area contributed by atoms with Crippen molar-refractivity contribution in [3.63, 3.8) is 0 Å². The minimum Gasteiger partial charge on any atom is -0.377 e. The van der Waals surface area contributed by atoms with Crippen molar-refractivity contribution in [2.75, 3.05) is 6.61 Å². The highest BCUT2D eigenvalue weighted by Gasteiger charge is 2.64. The maximum atomic E-state index is 11.8. The zero-order valence-electron chi connectivity index (χ0n) is 14.1. The van der Waals surface area contributed by atoms with Gasteiger partial charge in [-0.05, 0) is 50.0 Å². The largest absolute Gasteiger partial charge is 0.377 e. The minimum absolute atomic E-state index is 0.0188. The summed E-state index contributed by atoms with van der Waals surface area (Å²) in [6.07, 6.45) is 12.9. The molecule has 6 atom stereocenters. The summed E-state index contributed by atoms with van der Waals surface area (Å²) in [6, 6.07) is 0. The molecule has 3 heteroatoms. The molecule has 3 nitrogen and oxygen atoms in total. The van der Waals surface area contributed by atoms with Crippen LogP contribution in [0.25, 0.3) is 0 Å². The van der Waals surface area contributed by atoms with Gasteiger partial charge in [0.25, 0.3) is 0 Å². The highest BCUT2D eigenvalue weighted by atomic mass is 16.5. The molecule has 1 aliphatic heterocycles. The molecule has 3 fully saturated rings. The number of terminal acetylenes is 1. The number of hydrogen-bond donors (Lipinski definition) is 1. The lowest BCUT2D eigenvalue weighted by Crippen LogP contribution is -2.60. The lowest BCUT2D eigenvalue weighted by atomic mass is 9.54. The Kier molecular flexibility index (Phi) is 3.16. The number of ether oxygens (including phenoxy) is 1. The Balaban J connectivity index is 1.70. The monoisotopic (exact) mass is 314 g/mol.